The molecule has 1 N–H and O–H groups in total. The van der Waals surface area contributed by atoms with Crippen molar-refractivity contribution in [2.45, 2.75) is 55.0 Å². The largest absolute Gasteiger partial charge is 0.444 e. The van der Waals surface area contributed by atoms with E-state index in [2.05, 4.69) is 75.0 Å². The Labute approximate surface area is 201 Å². The number of hydrogen-bond acceptors (Lipinski definition) is 4. The van der Waals surface area contributed by atoms with Crippen molar-refractivity contribution in [1.82, 2.24) is 14.9 Å². The van der Waals surface area contributed by atoms with Gasteiger partial charge in [-0.15, -0.1) is 0 Å². The zero-order valence-electron chi connectivity index (χ0n) is 17.9. The van der Waals surface area contributed by atoms with Crippen molar-refractivity contribution >= 4 is 40.4 Å². The van der Waals surface area contributed by atoms with Crippen molar-refractivity contribution < 1.29 is 9.53 Å². The van der Waals surface area contributed by atoms with Crippen LogP contribution in [0.15, 0.2) is 64.5 Å². The minimum atomic E-state index is -0.507. The number of benzene rings is 2. The normalized spacial score (nSPS) is 16.5. The maximum atomic E-state index is 12.6. The van der Waals surface area contributed by atoms with Crippen molar-refractivity contribution in [1.29, 1.82) is 0 Å². The summed E-state index contributed by atoms with van der Waals surface area (Å²) in [5, 5.41) is 0. The molecule has 1 aliphatic rings. The van der Waals surface area contributed by atoms with E-state index in [0.717, 1.165) is 29.9 Å². The maximum absolute atomic E-state index is 12.6. The van der Waals surface area contributed by atoms with Crippen LogP contribution in [0, 0.1) is 3.57 Å². The summed E-state index contributed by atoms with van der Waals surface area (Å²) < 4.78 is 6.80. The SMILES string of the molecule is CC(C)(C)OC(=O)N1CCC[C@H]1c1ncc(-c2ccc(I)c(Sc3ccccc3)c2)[nH]1. The number of likely N-dealkylation sites (tertiary alicyclic amines) is 1. The lowest BCUT2D eigenvalue weighted by molar-refractivity contribution is 0.0218. The van der Waals surface area contributed by atoms with Gasteiger partial charge in [0.05, 0.1) is 17.9 Å². The van der Waals surface area contributed by atoms with Crippen LogP contribution >= 0.6 is 34.4 Å². The predicted octanol–water partition coefficient (Wildman–Crippen LogP) is 6.90. The Morgan fingerprint density at radius 2 is 2.00 bits per heavy atom. The van der Waals surface area contributed by atoms with E-state index in [0.29, 0.717) is 6.54 Å². The van der Waals surface area contributed by atoms with Crippen molar-refractivity contribution in [2.24, 2.45) is 0 Å². The van der Waals surface area contributed by atoms with Gasteiger partial charge in [-0.3, -0.25) is 4.90 Å². The summed E-state index contributed by atoms with van der Waals surface area (Å²) in [6.07, 6.45) is 3.42. The molecular formula is C24H26IN3O2S. The first kappa shape index (κ1) is 22.2. The van der Waals surface area contributed by atoms with Gasteiger partial charge in [-0.25, -0.2) is 9.78 Å². The molecule has 0 bridgehead atoms. The van der Waals surface area contributed by atoms with E-state index < -0.39 is 5.60 Å². The molecule has 0 aliphatic carbocycles. The van der Waals surface area contributed by atoms with E-state index >= 15 is 0 Å². The predicted molar refractivity (Wildman–Crippen MR) is 132 cm³/mol. The van der Waals surface area contributed by atoms with E-state index in [1.54, 1.807) is 16.7 Å². The molecule has 4 rings (SSSR count). The second-order valence-corrected chi connectivity index (χ2v) is 10.9. The molecular weight excluding hydrogens is 521 g/mol. The summed E-state index contributed by atoms with van der Waals surface area (Å²) in [6.45, 7) is 6.37. The third kappa shape index (κ3) is 5.44. The van der Waals surface area contributed by atoms with Crippen molar-refractivity contribution in [3.63, 3.8) is 0 Å². The standard InChI is InChI=1S/C24H26IN3O2S/c1-24(2,3)30-23(29)28-13-7-10-20(28)22-26-15-19(27-22)16-11-12-18(25)21(14-16)31-17-8-5-4-6-9-17/h4-6,8-9,11-12,14-15,20H,7,10,13H2,1-3H3,(H,26,27)/t20-/m0/s1. The average molecular weight is 547 g/mol. The molecule has 2 aromatic carbocycles. The number of imidazole rings is 1. The average Bonchev–Trinajstić information content (AvgIpc) is 3.38. The number of nitrogens with zero attached hydrogens (tertiary/aromatic N) is 2. The van der Waals surface area contributed by atoms with E-state index in [1.165, 1.54) is 13.4 Å². The van der Waals surface area contributed by atoms with Gasteiger partial charge in [0.2, 0.25) is 0 Å². The number of H-pyrrole nitrogens is 1. The number of amides is 1. The number of nitrogens with one attached hydrogen (secondary N) is 1. The summed E-state index contributed by atoms with van der Waals surface area (Å²) in [5.41, 5.74) is 1.53. The van der Waals surface area contributed by atoms with Gasteiger partial charge in [0.25, 0.3) is 0 Å². The van der Waals surface area contributed by atoms with Crippen LogP contribution in [0.4, 0.5) is 4.79 Å². The fourth-order valence-corrected chi connectivity index (χ4v) is 5.17. The van der Waals surface area contributed by atoms with Crippen LogP contribution in [-0.2, 0) is 4.74 Å². The van der Waals surface area contributed by atoms with Crippen LogP contribution in [0.3, 0.4) is 0 Å². The van der Waals surface area contributed by atoms with Gasteiger partial charge in [-0.2, -0.15) is 0 Å². The first-order valence-corrected chi connectivity index (χ1v) is 12.3. The molecule has 2 heterocycles. The second-order valence-electron chi connectivity index (χ2n) is 8.57. The topological polar surface area (TPSA) is 58.2 Å². The molecule has 1 aromatic heterocycles. The smallest absolute Gasteiger partial charge is 0.410 e. The molecule has 1 saturated heterocycles. The summed E-state index contributed by atoms with van der Waals surface area (Å²) in [7, 11) is 0. The Kier molecular flexibility index (Phi) is 6.62. The van der Waals surface area contributed by atoms with Crippen LogP contribution in [0.2, 0.25) is 0 Å². The Morgan fingerprint density at radius 1 is 1.23 bits per heavy atom. The number of carbonyl (C=O) groups excluding carboxylic acids is 1. The van der Waals surface area contributed by atoms with E-state index in [-0.39, 0.29) is 12.1 Å². The Balaban J connectivity index is 1.55. The number of carbonyl (C=O) groups is 1. The maximum Gasteiger partial charge on any atom is 0.410 e. The molecule has 1 aliphatic heterocycles. The zero-order valence-corrected chi connectivity index (χ0v) is 20.9. The van der Waals surface area contributed by atoms with Crippen LogP contribution in [-0.4, -0.2) is 33.1 Å². The highest BCUT2D eigenvalue weighted by Gasteiger charge is 2.34. The van der Waals surface area contributed by atoms with Crippen LogP contribution in [0.1, 0.15) is 45.5 Å². The molecule has 5 nitrogen and oxygen atoms in total. The summed E-state index contributed by atoms with van der Waals surface area (Å²) in [4.78, 5) is 24.9. The van der Waals surface area contributed by atoms with E-state index in [9.17, 15) is 4.79 Å². The van der Waals surface area contributed by atoms with Gasteiger partial charge < -0.3 is 9.72 Å². The van der Waals surface area contributed by atoms with Gasteiger partial charge in [0, 0.05) is 25.5 Å². The minimum absolute atomic E-state index is 0.0781. The number of hydrogen-bond donors (Lipinski definition) is 1. The number of aromatic nitrogens is 2. The molecule has 0 unspecified atom stereocenters. The van der Waals surface area contributed by atoms with Crippen molar-refractivity contribution in [2.75, 3.05) is 6.54 Å². The highest BCUT2D eigenvalue weighted by molar-refractivity contribution is 14.1. The lowest BCUT2D eigenvalue weighted by Gasteiger charge is -2.27. The molecule has 0 saturated carbocycles. The van der Waals surface area contributed by atoms with Crippen LogP contribution < -0.4 is 0 Å². The lowest BCUT2D eigenvalue weighted by Crippen LogP contribution is -2.36. The molecule has 1 atom stereocenters. The summed E-state index contributed by atoms with van der Waals surface area (Å²) in [5.74, 6) is 0.814. The first-order valence-electron chi connectivity index (χ1n) is 10.4. The Morgan fingerprint density at radius 3 is 2.74 bits per heavy atom. The molecule has 3 aromatic rings. The molecule has 0 radical (unpaired) electrons. The van der Waals surface area contributed by atoms with Gasteiger partial charge >= 0.3 is 6.09 Å². The summed E-state index contributed by atoms with van der Waals surface area (Å²) >= 11 is 4.13. The molecule has 31 heavy (non-hydrogen) atoms. The Hall–Kier alpha value is -2.00. The first-order chi connectivity index (χ1) is 14.8. The highest BCUT2D eigenvalue weighted by Crippen LogP contribution is 2.36. The fraction of sp³-hybridized carbons (Fsp3) is 0.333. The number of ether oxygens (including phenoxy) is 1. The third-order valence-corrected chi connectivity index (χ3v) is 7.38. The van der Waals surface area contributed by atoms with E-state index in [4.69, 9.17) is 4.74 Å². The number of aromatic amines is 1. The van der Waals surface area contributed by atoms with Crippen LogP contribution in [0.5, 0.6) is 0 Å². The number of halogens is 1. The highest BCUT2D eigenvalue weighted by atomic mass is 127. The van der Waals surface area contributed by atoms with E-state index in [1.807, 2.05) is 33.0 Å². The summed E-state index contributed by atoms with van der Waals surface area (Å²) in [6, 6.07) is 16.7. The molecule has 162 valence electrons. The quantitative estimate of drug-likeness (QED) is 0.361. The molecule has 1 fully saturated rings. The third-order valence-electron chi connectivity index (χ3n) is 5.01. The van der Waals surface area contributed by atoms with Gasteiger partial charge in [-0.05, 0) is 80.5 Å². The second kappa shape index (κ2) is 9.24. The van der Waals surface area contributed by atoms with Crippen molar-refractivity contribution in [3.8, 4) is 11.3 Å². The molecule has 7 heteroatoms. The molecule has 0 spiro atoms. The fourth-order valence-electron chi connectivity index (χ4n) is 3.61. The molecule has 1 amide bonds. The van der Waals surface area contributed by atoms with Crippen LogP contribution in [0.25, 0.3) is 11.3 Å². The lowest BCUT2D eigenvalue weighted by atomic mass is 10.2. The van der Waals surface area contributed by atoms with Gasteiger partial charge in [0.15, 0.2) is 0 Å². The Bertz CT molecular complexity index is 1060. The monoisotopic (exact) mass is 547 g/mol. The zero-order chi connectivity index (χ0) is 22.0. The van der Waals surface area contributed by atoms with Crippen molar-refractivity contribution in [3.05, 3.63) is 64.1 Å². The van der Waals surface area contributed by atoms with Gasteiger partial charge in [0.1, 0.15) is 11.4 Å². The minimum Gasteiger partial charge on any atom is -0.444 e. The van der Waals surface area contributed by atoms with Gasteiger partial charge in [-0.1, -0.05) is 36.0 Å². The number of rotatable bonds is 4.